The molecule has 5 rings (SSSR count). The Morgan fingerprint density at radius 1 is 0.963 bits per heavy atom. The average molecular weight is 365 g/mol. The van der Waals surface area contributed by atoms with Crippen molar-refractivity contribution in [2.24, 2.45) is 0 Å². The van der Waals surface area contributed by atoms with Gasteiger partial charge in [0.25, 0.3) is 0 Å². The molecule has 1 aromatic heterocycles. The van der Waals surface area contributed by atoms with Crippen LogP contribution in [0.2, 0.25) is 0 Å². The molecule has 3 aromatic rings. The molecular formula is C21H20FN3O2. The average Bonchev–Trinajstić information content (AvgIpc) is 2.89. The number of hydrogen-bond donors (Lipinski definition) is 1. The fourth-order valence-corrected chi connectivity index (χ4v) is 3.69. The van der Waals surface area contributed by atoms with E-state index in [4.69, 9.17) is 14.6 Å². The maximum atomic E-state index is 13.4. The van der Waals surface area contributed by atoms with E-state index in [1.807, 2.05) is 22.9 Å². The summed E-state index contributed by atoms with van der Waals surface area (Å²) in [6.07, 6.45) is 3.15. The SMILES string of the molecule is Fc1ccc(-c2nn(-c3ccc4c(c3)OCCO4)c3c2CCCCN3)cc1. The van der Waals surface area contributed by atoms with Crippen molar-refractivity contribution in [2.75, 3.05) is 25.1 Å². The Hall–Kier alpha value is -3.02. The molecule has 2 aliphatic rings. The Kier molecular flexibility index (Phi) is 3.96. The molecule has 0 radical (unpaired) electrons. The summed E-state index contributed by atoms with van der Waals surface area (Å²) in [7, 11) is 0. The van der Waals surface area contributed by atoms with E-state index in [9.17, 15) is 4.39 Å². The zero-order valence-electron chi connectivity index (χ0n) is 14.9. The van der Waals surface area contributed by atoms with Crippen LogP contribution in [-0.4, -0.2) is 29.5 Å². The van der Waals surface area contributed by atoms with Gasteiger partial charge in [0.05, 0.1) is 11.4 Å². The van der Waals surface area contributed by atoms with Crippen LogP contribution in [0.4, 0.5) is 10.2 Å². The summed E-state index contributed by atoms with van der Waals surface area (Å²) in [5.41, 5.74) is 3.91. The quantitative estimate of drug-likeness (QED) is 0.740. The smallest absolute Gasteiger partial charge is 0.163 e. The van der Waals surface area contributed by atoms with Crippen LogP contribution in [0.25, 0.3) is 16.9 Å². The number of benzene rings is 2. The van der Waals surface area contributed by atoms with Crippen molar-refractivity contribution in [1.29, 1.82) is 0 Å². The molecule has 0 saturated carbocycles. The predicted octanol–water partition coefficient (Wildman–Crippen LogP) is 4.20. The minimum absolute atomic E-state index is 0.241. The molecule has 5 nitrogen and oxygen atoms in total. The third-order valence-electron chi connectivity index (χ3n) is 5.02. The first-order chi connectivity index (χ1) is 13.3. The van der Waals surface area contributed by atoms with Gasteiger partial charge in [0.2, 0.25) is 0 Å². The number of anilines is 1. The van der Waals surface area contributed by atoms with Crippen LogP contribution in [0, 0.1) is 5.82 Å². The second-order valence-corrected chi connectivity index (χ2v) is 6.81. The third kappa shape index (κ3) is 2.91. The molecule has 138 valence electrons. The molecule has 0 amide bonds. The lowest BCUT2D eigenvalue weighted by Gasteiger charge is -2.19. The normalized spacial score (nSPS) is 15.6. The molecule has 0 atom stereocenters. The lowest BCUT2D eigenvalue weighted by molar-refractivity contribution is 0.171. The van der Waals surface area contributed by atoms with Gasteiger partial charge in [-0.05, 0) is 55.7 Å². The highest BCUT2D eigenvalue weighted by Crippen LogP contribution is 2.37. The third-order valence-corrected chi connectivity index (χ3v) is 5.02. The van der Waals surface area contributed by atoms with E-state index in [0.717, 1.165) is 60.1 Å². The summed E-state index contributed by atoms with van der Waals surface area (Å²) in [6.45, 7) is 2.03. The van der Waals surface area contributed by atoms with Crippen LogP contribution in [-0.2, 0) is 6.42 Å². The van der Waals surface area contributed by atoms with Gasteiger partial charge in [0.1, 0.15) is 24.8 Å². The maximum Gasteiger partial charge on any atom is 0.163 e. The first kappa shape index (κ1) is 16.2. The molecule has 6 heteroatoms. The summed E-state index contributed by atoms with van der Waals surface area (Å²) in [6, 6.07) is 12.4. The van der Waals surface area contributed by atoms with E-state index >= 15 is 0 Å². The molecule has 0 fully saturated rings. The van der Waals surface area contributed by atoms with E-state index in [1.54, 1.807) is 12.1 Å². The number of rotatable bonds is 2. The van der Waals surface area contributed by atoms with E-state index < -0.39 is 0 Å². The van der Waals surface area contributed by atoms with E-state index in [2.05, 4.69) is 5.32 Å². The number of nitrogens with zero attached hydrogens (tertiary/aromatic N) is 2. The van der Waals surface area contributed by atoms with Crippen molar-refractivity contribution in [3.05, 3.63) is 53.8 Å². The van der Waals surface area contributed by atoms with Crippen LogP contribution < -0.4 is 14.8 Å². The first-order valence-electron chi connectivity index (χ1n) is 9.31. The van der Waals surface area contributed by atoms with E-state index in [-0.39, 0.29) is 5.82 Å². The highest BCUT2D eigenvalue weighted by atomic mass is 19.1. The number of hydrogen-bond acceptors (Lipinski definition) is 4. The maximum absolute atomic E-state index is 13.4. The summed E-state index contributed by atoms with van der Waals surface area (Å²) in [5.74, 6) is 2.26. The molecule has 0 bridgehead atoms. The topological polar surface area (TPSA) is 48.3 Å². The van der Waals surface area contributed by atoms with Crippen LogP contribution in [0.3, 0.4) is 0 Å². The van der Waals surface area contributed by atoms with Gasteiger partial charge in [-0.1, -0.05) is 0 Å². The lowest BCUT2D eigenvalue weighted by Crippen LogP contribution is -2.15. The summed E-state index contributed by atoms with van der Waals surface area (Å²) >= 11 is 0. The fourth-order valence-electron chi connectivity index (χ4n) is 3.69. The van der Waals surface area contributed by atoms with Crippen LogP contribution >= 0.6 is 0 Å². The Bertz CT molecular complexity index is 982. The van der Waals surface area contributed by atoms with Gasteiger partial charge in [-0.2, -0.15) is 5.10 Å². The standard InChI is InChI=1S/C21H20FN3O2/c22-15-6-4-14(5-7-15)20-17-3-1-2-10-23-21(17)25(24-20)16-8-9-18-19(13-16)27-12-11-26-18/h4-9,13,23H,1-3,10-12H2. The van der Waals surface area contributed by atoms with Crippen LogP contribution in [0.1, 0.15) is 18.4 Å². The van der Waals surface area contributed by atoms with Gasteiger partial charge < -0.3 is 14.8 Å². The molecule has 2 aromatic carbocycles. The summed E-state index contributed by atoms with van der Waals surface area (Å²) < 4.78 is 26.7. The number of fused-ring (bicyclic) bond motifs is 2. The first-order valence-corrected chi connectivity index (χ1v) is 9.31. The van der Waals surface area contributed by atoms with E-state index in [1.165, 1.54) is 17.7 Å². The molecule has 0 aliphatic carbocycles. The summed E-state index contributed by atoms with van der Waals surface area (Å²) in [4.78, 5) is 0. The summed E-state index contributed by atoms with van der Waals surface area (Å²) in [5, 5.41) is 8.42. The highest BCUT2D eigenvalue weighted by Gasteiger charge is 2.23. The van der Waals surface area contributed by atoms with Crippen molar-refractivity contribution in [2.45, 2.75) is 19.3 Å². The molecule has 1 N–H and O–H groups in total. The van der Waals surface area contributed by atoms with Crippen LogP contribution in [0.15, 0.2) is 42.5 Å². The number of ether oxygens (including phenoxy) is 2. The molecule has 27 heavy (non-hydrogen) atoms. The Morgan fingerprint density at radius 3 is 2.63 bits per heavy atom. The van der Waals surface area contributed by atoms with Crippen LogP contribution in [0.5, 0.6) is 11.5 Å². The molecular weight excluding hydrogens is 345 g/mol. The van der Waals surface area contributed by atoms with Crippen molar-refractivity contribution in [3.63, 3.8) is 0 Å². The van der Waals surface area contributed by atoms with Gasteiger partial charge in [-0.25, -0.2) is 9.07 Å². The minimum Gasteiger partial charge on any atom is -0.486 e. The largest absolute Gasteiger partial charge is 0.486 e. The fraction of sp³-hybridized carbons (Fsp3) is 0.286. The molecule has 0 saturated heterocycles. The number of halogens is 1. The second-order valence-electron chi connectivity index (χ2n) is 6.81. The molecule has 2 aliphatic heterocycles. The number of aromatic nitrogens is 2. The van der Waals surface area contributed by atoms with Gasteiger partial charge in [0, 0.05) is 23.7 Å². The zero-order chi connectivity index (χ0) is 18.2. The zero-order valence-corrected chi connectivity index (χ0v) is 14.9. The van der Waals surface area contributed by atoms with Gasteiger partial charge in [-0.3, -0.25) is 0 Å². The van der Waals surface area contributed by atoms with Gasteiger partial charge >= 0.3 is 0 Å². The van der Waals surface area contributed by atoms with Crippen molar-refractivity contribution in [1.82, 2.24) is 9.78 Å². The monoisotopic (exact) mass is 365 g/mol. The van der Waals surface area contributed by atoms with Gasteiger partial charge in [-0.15, -0.1) is 0 Å². The van der Waals surface area contributed by atoms with Gasteiger partial charge in [0.15, 0.2) is 11.5 Å². The predicted molar refractivity (Wildman–Crippen MR) is 101 cm³/mol. The highest BCUT2D eigenvalue weighted by molar-refractivity contribution is 5.71. The second kappa shape index (κ2) is 6.61. The lowest BCUT2D eigenvalue weighted by atomic mass is 10.0. The van der Waals surface area contributed by atoms with Crippen molar-refractivity contribution < 1.29 is 13.9 Å². The van der Waals surface area contributed by atoms with Crippen molar-refractivity contribution in [3.8, 4) is 28.4 Å². The Balaban J connectivity index is 1.65. The van der Waals surface area contributed by atoms with Crippen molar-refractivity contribution >= 4 is 5.82 Å². The van der Waals surface area contributed by atoms with E-state index in [0.29, 0.717) is 13.2 Å². The molecule has 0 unspecified atom stereocenters. The Morgan fingerprint density at radius 2 is 1.78 bits per heavy atom. The minimum atomic E-state index is -0.241. The molecule has 0 spiro atoms. The number of nitrogens with one attached hydrogen (secondary N) is 1. The molecule has 3 heterocycles. The Labute approximate surface area is 156 Å².